The van der Waals surface area contributed by atoms with E-state index in [1.54, 1.807) is 21.3 Å². The van der Waals surface area contributed by atoms with Crippen molar-refractivity contribution in [3.05, 3.63) is 0 Å². The van der Waals surface area contributed by atoms with Gasteiger partial charge >= 0.3 is 30.6 Å². The molecular formula is C6H16O4SSiZn. The number of hydrogen-bond donors (Lipinski definition) is 1. The number of hydrogen-bond acceptors (Lipinski definition) is 5. The molecule has 0 unspecified atom stereocenters. The van der Waals surface area contributed by atoms with Crippen LogP contribution in [0.2, 0.25) is 6.04 Å². The Labute approximate surface area is 96.0 Å². The van der Waals surface area contributed by atoms with E-state index in [0.29, 0.717) is 0 Å². The van der Waals surface area contributed by atoms with Crippen molar-refractivity contribution in [2.45, 2.75) is 12.5 Å². The van der Waals surface area contributed by atoms with Gasteiger partial charge < -0.3 is 13.3 Å². The standard InChI is InChI=1S/C6H16O3SSi.O.Zn/c1-7-11(8-2,9-3)6-4-5-10;;/h10H,4-6H2,1-3H3;;. The summed E-state index contributed by atoms with van der Waals surface area (Å²) in [7, 11) is 2.58. The second-order valence-electron chi connectivity index (χ2n) is 2.12. The molecule has 0 N–H and O–H groups in total. The van der Waals surface area contributed by atoms with E-state index >= 15 is 0 Å². The van der Waals surface area contributed by atoms with Crippen LogP contribution in [-0.2, 0) is 35.1 Å². The summed E-state index contributed by atoms with van der Waals surface area (Å²) in [6.45, 7) is 0. The van der Waals surface area contributed by atoms with E-state index in [-0.39, 0.29) is 18.3 Å². The van der Waals surface area contributed by atoms with Crippen LogP contribution in [0.3, 0.4) is 0 Å². The molecule has 0 atom stereocenters. The van der Waals surface area contributed by atoms with Gasteiger partial charge in [-0.25, -0.2) is 0 Å². The molecule has 0 saturated heterocycles. The average Bonchev–Trinajstić information content (AvgIpc) is 2.24. The Kier molecular flexibility index (Phi) is 13.7. The quantitative estimate of drug-likeness (QED) is 0.583. The summed E-state index contributed by atoms with van der Waals surface area (Å²) in [6, 6.07) is 0.833. The maximum atomic E-state index is 8.38. The van der Waals surface area contributed by atoms with Gasteiger partial charge in [-0.1, -0.05) is 0 Å². The van der Waals surface area contributed by atoms with Crippen LogP contribution in [0.1, 0.15) is 6.42 Å². The minimum absolute atomic E-state index is 0.125. The third kappa shape index (κ3) is 6.88. The Bertz CT molecular complexity index is 107. The molecular weight excluding hydrogens is 262 g/mol. The van der Waals surface area contributed by atoms with Crippen LogP contribution in [0, 0.1) is 0 Å². The molecule has 13 heavy (non-hydrogen) atoms. The van der Waals surface area contributed by atoms with E-state index in [1.807, 2.05) is 0 Å². The summed E-state index contributed by atoms with van der Waals surface area (Å²) >= 11 is 4.23. The summed E-state index contributed by atoms with van der Waals surface area (Å²) in [6.07, 6.45) is 0.963. The maximum absolute atomic E-state index is 8.38. The van der Waals surface area contributed by atoms with E-state index in [1.165, 1.54) is 0 Å². The molecule has 0 aromatic carbocycles. The summed E-state index contributed by atoms with van der Waals surface area (Å²) in [4.78, 5) is 0. The molecule has 0 amide bonds. The minimum atomic E-state index is -2.29. The van der Waals surface area contributed by atoms with Crippen LogP contribution in [0.4, 0.5) is 0 Å². The fraction of sp³-hybridized carbons (Fsp3) is 1.00. The van der Waals surface area contributed by atoms with Gasteiger partial charge in [0.15, 0.2) is 0 Å². The Morgan fingerprint density at radius 3 is 1.77 bits per heavy atom. The van der Waals surface area contributed by atoms with Gasteiger partial charge in [0.1, 0.15) is 0 Å². The molecule has 7 heteroatoms. The van der Waals surface area contributed by atoms with Crippen molar-refractivity contribution in [3.8, 4) is 0 Å². The Balaban J connectivity index is 0. The van der Waals surface area contributed by atoms with Crippen molar-refractivity contribution in [1.82, 2.24) is 0 Å². The summed E-state index contributed by atoms with van der Waals surface area (Å²) in [5.41, 5.74) is 0. The van der Waals surface area contributed by atoms with Gasteiger partial charge in [0.05, 0.1) is 0 Å². The summed E-state index contributed by atoms with van der Waals surface area (Å²) in [5.74, 6) is 0.838. The van der Waals surface area contributed by atoms with Crippen LogP contribution in [0.5, 0.6) is 0 Å². The molecule has 0 aliphatic heterocycles. The van der Waals surface area contributed by atoms with Crippen LogP contribution in [-0.4, -0.2) is 35.9 Å². The van der Waals surface area contributed by atoms with E-state index in [4.69, 9.17) is 16.9 Å². The Morgan fingerprint density at radius 1 is 1.15 bits per heavy atom. The van der Waals surface area contributed by atoms with Crippen LogP contribution < -0.4 is 0 Å². The zero-order chi connectivity index (χ0) is 10.7. The fourth-order valence-corrected chi connectivity index (χ4v) is 3.03. The molecule has 0 aromatic rings. The van der Waals surface area contributed by atoms with Gasteiger partial charge in [0.2, 0.25) is 0 Å². The molecule has 0 bridgehead atoms. The predicted molar refractivity (Wildman–Crippen MR) is 50.7 cm³/mol. The molecule has 0 aromatic heterocycles. The van der Waals surface area contributed by atoms with Crippen molar-refractivity contribution in [2.75, 3.05) is 27.1 Å². The molecule has 0 fully saturated rings. The van der Waals surface area contributed by atoms with Gasteiger partial charge in [-0.05, 0) is 12.2 Å². The fourth-order valence-electron chi connectivity index (χ4n) is 0.852. The van der Waals surface area contributed by atoms with Crippen LogP contribution in [0.15, 0.2) is 0 Å². The molecule has 0 spiro atoms. The number of thiol groups is 1. The third-order valence-corrected chi connectivity index (χ3v) is 4.72. The zero-order valence-corrected chi connectivity index (χ0v) is 13.3. The van der Waals surface area contributed by atoms with E-state index in [2.05, 4.69) is 12.6 Å². The molecule has 0 saturated carbocycles. The first-order valence-corrected chi connectivity index (χ1v) is 7.57. The summed E-state index contributed by atoms with van der Waals surface area (Å²) < 4.78 is 24.0. The molecule has 0 aliphatic carbocycles. The van der Waals surface area contributed by atoms with Gasteiger partial charge in [-0.15, -0.1) is 0 Å². The van der Waals surface area contributed by atoms with Crippen molar-refractivity contribution < 1.29 is 35.1 Å². The van der Waals surface area contributed by atoms with Crippen molar-refractivity contribution >= 4 is 21.4 Å². The second kappa shape index (κ2) is 10.9. The SMILES string of the molecule is CO[Si](CCCS)(OC)OC.[O]=[Zn]. The van der Waals surface area contributed by atoms with Gasteiger partial charge in [0, 0.05) is 27.4 Å². The molecule has 76 valence electrons. The van der Waals surface area contributed by atoms with Crippen molar-refractivity contribution in [3.63, 3.8) is 0 Å². The van der Waals surface area contributed by atoms with Gasteiger partial charge in [-0.3, -0.25) is 0 Å². The second-order valence-corrected chi connectivity index (χ2v) is 5.66. The topological polar surface area (TPSA) is 44.8 Å². The average molecular weight is 278 g/mol. The first-order chi connectivity index (χ1) is 6.24. The first kappa shape index (κ1) is 16.3. The predicted octanol–water partition coefficient (Wildman–Crippen LogP) is 1.06. The zero-order valence-electron chi connectivity index (χ0n) is 8.41. The van der Waals surface area contributed by atoms with Crippen molar-refractivity contribution in [1.29, 1.82) is 0 Å². The van der Waals surface area contributed by atoms with Crippen molar-refractivity contribution in [2.24, 2.45) is 0 Å². The van der Waals surface area contributed by atoms with E-state index in [0.717, 1.165) is 18.2 Å². The molecule has 0 aliphatic rings. The van der Waals surface area contributed by atoms with Gasteiger partial charge in [0.25, 0.3) is 0 Å². The Hall–Kier alpha value is 0.870. The van der Waals surface area contributed by atoms with Crippen LogP contribution >= 0.6 is 12.6 Å². The molecule has 0 heterocycles. The van der Waals surface area contributed by atoms with Crippen LogP contribution in [0.25, 0.3) is 0 Å². The Morgan fingerprint density at radius 2 is 1.54 bits per heavy atom. The monoisotopic (exact) mass is 276 g/mol. The third-order valence-electron chi connectivity index (χ3n) is 1.57. The molecule has 0 radical (unpaired) electrons. The molecule has 4 nitrogen and oxygen atoms in total. The number of rotatable bonds is 6. The van der Waals surface area contributed by atoms with E-state index < -0.39 is 8.80 Å². The van der Waals surface area contributed by atoms with Gasteiger partial charge in [-0.2, -0.15) is 12.6 Å². The first-order valence-electron chi connectivity index (χ1n) is 3.80. The van der Waals surface area contributed by atoms with E-state index in [9.17, 15) is 0 Å². The molecule has 0 rings (SSSR count). The summed E-state index contributed by atoms with van der Waals surface area (Å²) in [5, 5.41) is 0. The normalized spacial score (nSPS) is 10.6.